The first-order valence-electron chi connectivity index (χ1n) is 8.82. The molecule has 0 saturated carbocycles. The highest BCUT2D eigenvalue weighted by Gasteiger charge is 2.17. The van der Waals surface area contributed by atoms with Crippen LogP contribution in [0.1, 0.15) is 23.7 Å². The summed E-state index contributed by atoms with van der Waals surface area (Å²) in [5.74, 6) is 0.216. The van der Waals surface area contributed by atoms with E-state index in [1.807, 2.05) is 18.2 Å². The highest BCUT2D eigenvalue weighted by atomic mass is 16.5. The average molecular weight is 353 g/mol. The summed E-state index contributed by atoms with van der Waals surface area (Å²) in [6.45, 7) is 4.50. The lowest BCUT2D eigenvalue weighted by atomic mass is 10.1. The Balaban J connectivity index is 1.50. The molecule has 1 aliphatic rings. The number of nitrogens with zero attached hydrogens (tertiary/aromatic N) is 1. The molecule has 2 amide bonds. The van der Waals surface area contributed by atoms with Gasteiger partial charge in [0.2, 0.25) is 0 Å². The third kappa shape index (κ3) is 4.33. The molecule has 2 N–H and O–H groups in total. The summed E-state index contributed by atoms with van der Waals surface area (Å²) < 4.78 is 5.30. The zero-order valence-corrected chi connectivity index (χ0v) is 14.8. The van der Waals surface area contributed by atoms with E-state index in [2.05, 4.69) is 34.6 Å². The number of ether oxygens (including phenoxy) is 1. The van der Waals surface area contributed by atoms with Crippen molar-refractivity contribution in [1.29, 1.82) is 0 Å². The maximum atomic E-state index is 12.3. The van der Waals surface area contributed by atoms with Gasteiger partial charge < -0.3 is 20.3 Å². The van der Waals surface area contributed by atoms with Crippen molar-refractivity contribution in [3.63, 3.8) is 0 Å². The fourth-order valence-electron chi connectivity index (χ4n) is 2.91. The SMILES string of the molecule is CCN(CCCNC(=O)c1ccc2c(c1)NC(=O)CO2)c1ccccc1. The number of fused-ring (bicyclic) bond motifs is 1. The summed E-state index contributed by atoms with van der Waals surface area (Å²) in [6.07, 6.45) is 0.846. The second-order valence-electron chi connectivity index (χ2n) is 6.07. The van der Waals surface area contributed by atoms with Crippen molar-refractivity contribution >= 4 is 23.2 Å². The summed E-state index contributed by atoms with van der Waals surface area (Å²) in [6, 6.07) is 15.3. The van der Waals surface area contributed by atoms with Crippen LogP contribution in [0.3, 0.4) is 0 Å². The molecular formula is C20H23N3O3. The molecule has 0 spiro atoms. The second-order valence-corrected chi connectivity index (χ2v) is 6.07. The van der Waals surface area contributed by atoms with Crippen molar-refractivity contribution < 1.29 is 14.3 Å². The molecule has 0 fully saturated rings. The molecule has 2 aromatic rings. The van der Waals surface area contributed by atoms with Crippen LogP contribution in [0.5, 0.6) is 5.75 Å². The summed E-state index contributed by atoms with van der Waals surface area (Å²) in [5, 5.41) is 5.64. The third-order valence-corrected chi connectivity index (χ3v) is 4.27. The minimum atomic E-state index is -0.212. The number of amides is 2. The zero-order chi connectivity index (χ0) is 18.4. The lowest BCUT2D eigenvalue weighted by Gasteiger charge is -2.23. The number of benzene rings is 2. The first-order chi connectivity index (χ1) is 12.7. The first kappa shape index (κ1) is 17.8. The number of para-hydroxylation sites is 1. The number of hydrogen-bond donors (Lipinski definition) is 2. The number of carbonyl (C=O) groups is 2. The lowest BCUT2D eigenvalue weighted by molar-refractivity contribution is -0.118. The Labute approximate surface area is 153 Å². The van der Waals surface area contributed by atoms with Crippen LogP contribution in [0.25, 0.3) is 0 Å². The van der Waals surface area contributed by atoms with Crippen LogP contribution < -0.4 is 20.3 Å². The van der Waals surface area contributed by atoms with E-state index in [-0.39, 0.29) is 18.4 Å². The molecule has 26 heavy (non-hydrogen) atoms. The molecule has 2 aromatic carbocycles. The van der Waals surface area contributed by atoms with Crippen molar-refractivity contribution in [2.75, 3.05) is 36.5 Å². The van der Waals surface area contributed by atoms with E-state index in [9.17, 15) is 9.59 Å². The number of rotatable bonds is 7. The summed E-state index contributed by atoms with van der Waals surface area (Å²) in [7, 11) is 0. The number of anilines is 2. The molecule has 0 atom stereocenters. The topological polar surface area (TPSA) is 70.7 Å². The molecule has 0 aromatic heterocycles. The molecule has 1 heterocycles. The van der Waals surface area contributed by atoms with Gasteiger partial charge in [0.05, 0.1) is 5.69 Å². The number of hydrogen-bond acceptors (Lipinski definition) is 4. The summed E-state index contributed by atoms with van der Waals surface area (Å²) in [4.78, 5) is 26.0. The number of nitrogens with one attached hydrogen (secondary N) is 2. The molecule has 0 aliphatic carbocycles. The Hall–Kier alpha value is -3.02. The van der Waals surface area contributed by atoms with Crippen molar-refractivity contribution in [2.45, 2.75) is 13.3 Å². The van der Waals surface area contributed by atoms with E-state index < -0.39 is 0 Å². The Morgan fingerprint density at radius 1 is 1.23 bits per heavy atom. The highest BCUT2D eigenvalue weighted by molar-refractivity contribution is 5.99. The standard InChI is InChI=1S/C20H23N3O3/c1-2-23(16-7-4-3-5-8-16)12-6-11-21-20(25)15-9-10-18-17(13-15)22-19(24)14-26-18/h3-5,7-10,13H,2,6,11-12,14H2,1H3,(H,21,25)(H,22,24). The molecule has 3 rings (SSSR count). The van der Waals surface area contributed by atoms with Crippen molar-refractivity contribution in [3.8, 4) is 5.75 Å². The predicted octanol–water partition coefficient (Wildman–Crippen LogP) is 2.66. The summed E-state index contributed by atoms with van der Waals surface area (Å²) in [5.41, 5.74) is 2.23. The van der Waals surface area contributed by atoms with Crippen LogP contribution in [0.15, 0.2) is 48.5 Å². The Bertz CT molecular complexity index is 777. The molecule has 6 heteroatoms. The van der Waals surface area contributed by atoms with Gasteiger partial charge in [-0.25, -0.2) is 0 Å². The van der Waals surface area contributed by atoms with Crippen LogP contribution in [0, 0.1) is 0 Å². The van der Waals surface area contributed by atoms with Gasteiger partial charge in [0, 0.05) is 30.9 Å². The minimum Gasteiger partial charge on any atom is -0.482 e. The highest BCUT2D eigenvalue weighted by Crippen LogP contribution is 2.28. The van der Waals surface area contributed by atoms with Crippen molar-refractivity contribution in [1.82, 2.24) is 5.32 Å². The largest absolute Gasteiger partial charge is 0.482 e. The van der Waals surface area contributed by atoms with Crippen molar-refractivity contribution in [3.05, 3.63) is 54.1 Å². The maximum absolute atomic E-state index is 12.3. The fraction of sp³-hybridized carbons (Fsp3) is 0.300. The van der Waals surface area contributed by atoms with Gasteiger partial charge in [-0.3, -0.25) is 9.59 Å². The molecule has 0 bridgehead atoms. The Morgan fingerprint density at radius 3 is 2.81 bits per heavy atom. The van der Waals surface area contributed by atoms with Crippen LogP contribution in [0.2, 0.25) is 0 Å². The Morgan fingerprint density at radius 2 is 2.04 bits per heavy atom. The molecule has 6 nitrogen and oxygen atoms in total. The van der Waals surface area contributed by atoms with Crippen LogP contribution >= 0.6 is 0 Å². The van der Waals surface area contributed by atoms with Gasteiger partial charge in [0.15, 0.2) is 6.61 Å². The van der Waals surface area contributed by atoms with Gasteiger partial charge in [-0.1, -0.05) is 18.2 Å². The first-order valence-corrected chi connectivity index (χ1v) is 8.82. The van der Waals surface area contributed by atoms with E-state index >= 15 is 0 Å². The minimum absolute atomic E-state index is 0.00782. The quantitative estimate of drug-likeness (QED) is 0.751. The zero-order valence-electron chi connectivity index (χ0n) is 14.8. The maximum Gasteiger partial charge on any atom is 0.262 e. The second kappa shape index (κ2) is 8.38. The van der Waals surface area contributed by atoms with Gasteiger partial charge in [0.25, 0.3) is 11.8 Å². The predicted molar refractivity (Wildman–Crippen MR) is 102 cm³/mol. The number of carbonyl (C=O) groups excluding carboxylic acids is 2. The average Bonchev–Trinajstić information content (AvgIpc) is 2.68. The van der Waals surface area contributed by atoms with Gasteiger partial charge in [-0.2, -0.15) is 0 Å². The van der Waals surface area contributed by atoms with Crippen LogP contribution in [0.4, 0.5) is 11.4 Å². The molecule has 0 unspecified atom stereocenters. The van der Waals surface area contributed by atoms with Gasteiger partial charge in [-0.15, -0.1) is 0 Å². The molecular weight excluding hydrogens is 330 g/mol. The van der Waals surface area contributed by atoms with E-state index in [1.54, 1.807) is 18.2 Å². The molecule has 136 valence electrons. The van der Waals surface area contributed by atoms with Gasteiger partial charge in [-0.05, 0) is 43.7 Å². The monoisotopic (exact) mass is 353 g/mol. The van der Waals surface area contributed by atoms with E-state index in [4.69, 9.17) is 4.74 Å². The molecule has 0 radical (unpaired) electrons. The molecule has 1 aliphatic heterocycles. The van der Waals surface area contributed by atoms with E-state index in [0.717, 1.165) is 19.5 Å². The third-order valence-electron chi connectivity index (χ3n) is 4.27. The normalized spacial score (nSPS) is 12.6. The van der Waals surface area contributed by atoms with E-state index in [1.165, 1.54) is 5.69 Å². The van der Waals surface area contributed by atoms with Crippen molar-refractivity contribution in [2.24, 2.45) is 0 Å². The van der Waals surface area contributed by atoms with Gasteiger partial charge >= 0.3 is 0 Å². The lowest BCUT2D eigenvalue weighted by Crippen LogP contribution is -2.30. The smallest absolute Gasteiger partial charge is 0.262 e. The molecule has 0 saturated heterocycles. The van der Waals surface area contributed by atoms with Gasteiger partial charge in [0.1, 0.15) is 5.75 Å². The Kier molecular flexibility index (Phi) is 5.73. The van der Waals surface area contributed by atoms with E-state index in [0.29, 0.717) is 23.5 Å². The fourth-order valence-corrected chi connectivity index (χ4v) is 2.91. The van der Waals surface area contributed by atoms with Crippen LogP contribution in [-0.4, -0.2) is 38.1 Å². The van der Waals surface area contributed by atoms with Crippen LogP contribution in [-0.2, 0) is 4.79 Å². The summed E-state index contributed by atoms with van der Waals surface area (Å²) >= 11 is 0.